The molecule has 0 saturated carbocycles. The van der Waals surface area contributed by atoms with Crippen LogP contribution in [0, 0.1) is 11.6 Å². The Bertz CT molecular complexity index is 1080. The van der Waals surface area contributed by atoms with Gasteiger partial charge in [-0.25, -0.2) is 8.78 Å². The van der Waals surface area contributed by atoms with Gasteiger partial charge in [0.1, 0.15) is 11.6 Å². The summed E-state index contributed by atoms with van der Waals surface area (Å²) in [7, 11) is 0. The van der Waals surface area contributed by atoms with Gasteiger partial charge in [-0.1, -0.05) is 0 Å². The third-order valence-corrected chi connectivity index (χ3v) is 5.05. The highest BCUT2D eigenvalue weighted by Crippen LogP contribution is 2.24. The monoisotopic (exact) mass is 439 g/mol. The minimum absolute atomic E-state index is 0.119. The van der Waals surface area contributed by atoms with Gasteiger partial charge in [-0.15, -0.1) is 10.2 Å². The molecule has 3 aromatic rings. The Morgan fingerprint density at radius 2 is 1.72 bits per heavy atom. The molecular weight excluding hydrogens is 416 g/mol. The number of hydrogen-bond donors (Lipinski definition) is 2. The minimum Gasteiger partial charge on any atom is -0.379 e. The number of morpholine rings is 1. The third-order valence-electron chi connectivity index (χ3n) is 5.05. The molecule has 1 aromatic heterocycles. The molecule has 0 atom stereocenters. The number of ether oxygens (including phenoxy) is 1. The Kier molecular flexibility index (Phi) is 6.55. The summed E-state index contributed by atoms with van der Waals surface area (Å²) in [5.74, 6) is -1.16. The molecule has 1 saturated heterocycles. The molecule has 9 heteroatoms. The predicted octanol–water partition coefficient (Wildman–Crippen LogP) is 4.15. The first-order chi connectivity index (χ1) is 15.5. The number of carbonyl (C=O) groups excluding carboxylic acids is 1. The lowest BCUT2D eigenvalue weighted by Gasteiger charge is -2.28. The Morgan fingerprint density at radius 1 is 1.03 bits per heavy atom. The number of Topliss-reactive ketones (excluding diaryl/α,β-unsaturated/α-hetero) is 1. The molecule has 2 heterocycles. The van der Waals surface area contributed by atoms with Crippen LogP contribution in [-0.4, -0.2) is 42.3 Å². The van der Waals surface area contributed by atoms with E-state index in [1.807, 2.05) is 24.3 Å². The molecule has 7 nitrogen and oxygen atoms in total. The fourth-order valence-corrected chi connectivity index (χ4v) is 3.48. The number of ketones is 1. The maximum atomic E-state index is 13.5. The summed E-state index contributed by atoms with van der Waals surface area (Å²) in [6.45, 7) is 4.65. The van der Waals surface area contributed by atoms with Crippen LogP contribution < -0.4 is 15.5 Å². The van der Waals surface area contributed by atoms with E-state index in [-0.39, 0.29) is 18.0 Å². The van der Waals surface area contributed by atoms with Crippen LogP contribution in [0.25, 0.3) is 0 Å². The van der Waals surface area contributed by atoms with Crippen molar-refractivity contribution in [2.45, 2.75) is 13.5 Å². The van der Waals surface area contributed by atoms with E-state index >= 15 is 0 Å². The average Bonchev–Trinajstić information content (AvgIpc) is 2.78. The second-order valence-electron chi connectivity index (χ2n) is 7.45. The summed E-state index contributed by atoms with van der Waals surface area (Å²) < 4.78 is 32.3. The van der Waals surface area contributed by atoms with E-state index in [0.717, 1.165) is 43.7 Å². The van der Waals surface area contributed by atoms with Crippen LogP contribution >= 0.6 is 0 Å². The van der Waals surface area contributed by atoms with Crippen molar-refractivity contribution >= 4 is 28.7 Å². The molecule has 0 unspecified atom stereocenters. The molecular formula is C23H23F2N5O2. The first kappa shape index (κ1) is 21.6. The quantitative estimate of drug-likeness (QED) is 0.536. The van der Waals surface area contributed by atoms with Crippen molar-refractivity contribution in [3.8, 4) is 0 Å². The highest BCUT2D eigenvalue weighted by molar-refractivity contribution is 5.97. The average molecular weight is 439 g/mol. The fourth-order valence-electron chi connectivity index (χ4n) is 3.48. The Balaban J connectivity index is 1.48. The Hall–Kier alpha value is -3.59. The van der Waals surface area contributed by atoms with Crippen molar-refractivity contribution in [2.24, 2.45) is 0 Å². The van der Waals surface area contributed by atoms with Gasteiger partial charge < -0.3 is 20.3 Å². The van der Waals surface area contributed by atoms with E-state index in [9.17, 15) is 13.6 Å². The smallest absolute Gasteiger partial charge is 0.182 e. The second-order valence-corrected chi connectivity index (χ2v) is 7.45. The summed E-state index contributed by atoms with van der Waals surface area (Å²) in [6.07, 6.45) is 0. The highest BCUT2D eigenvalue weighted by atomic mass is 19.1. The zero-order chi connectivity index (χ0) is 22.5. The molecule has 0 radical (unpaired) electrons. The van der Waals surface area contributed by atoms with Gasteiger partial charge >= 0.3 is 0 Å². The van der Waals surface area contributed by atoms with Crippen LogP contribution in [0.5, 0.6) is 0 Å². The topological polar surface area (TPSA) is 79.4 Å². The lowest BCUT2D eigenvalue weighted by atomic mass is 10.2. The number of rotatable bonds is 7. The lowest BCUT2D eigenvalue weighted by Crippen LogP contribution is -2.36. The molecule has 0 amide bonds. The zero-order valence-electron chi connectivity index (χ0n) is 17.6. The maximum Gasteiger partial charge on any atom is 0.182 e. The molecule has 166 valence electrons. The molecule has 1 aliphatic heterocycles. The number of carbonyl (C=O) groups is 1. The van der Waals surface area contributed by atoms with Crippen molar-refractivity contribution in [1.29, 1.82) is 0 Å². The van der Waals surface area contributed by atoms with Gasteiger partial charge in [-0.3, -0.25) is 4.79 Å². The number of nitrogens with zero attached hydrogens (tertiary/aromatic N) is 3. The summed E-state index contributed by atoms with van der Waals surface area (Å²) in [5.41, 5.74) is 2.90. The summed E-state index contributed by atoms with van der Waals surface area (Å²) in [5, 5.41) is 14.3. The Labute approximate surface area is 184 Å². The maximum absolute atomic E-state index is 13.5. The van der Waals surface area contributed by atoms with Crippen LogP contribution in [0.15, 0.2) is 48.5 Å². The van der Waals surface area contributed by atoms with Crippen LogP contribution in [0.1, 0.15) is 23.0 Å². The molecule has 4 rings (SSSR count). The first-order valence-electron chi connectivity index (χ1n) is 10.3. The summed E-state index contributed by atoms with van der Waals surface area (Å²) in [6, 6.07) is 12.8. The van der Waals surface area contributed by atoms with Gasteiger partial charge in [0.15, 0.2) is 17.3 Å². The second kappa shape index (κ2) is 9.69. The molecule has 1 aliphatic rings. The fraction of sp³-hybridized carbons (Fsp3) is 0.261. The van der Waals surface area contributed by atoms with Crippen LogP contribution in [0.4, 0.5) is 31.7 Å². The molecule has 2 aromatic carbocycles. The van der Waals surface area contributed by atoms with Crippen LogP contribution in [0.2, 0.25) is 0 Å². The largest absolute Gasteiger partial charge is 0.379 e. The lowest BCUT2D eigenvalue weighted by molar-refractivity contribution is 0.101. The van der Waals surface area contributed by atoms with Crippen LogP contribution in [0.3, 0.4) is 0 Å². The van der Waals surface area contributed by atoms with Gasteiger partial charge in [-0.2, -0.15) is 0 Å². The van der Waals surface area contributed by atoms with Gasteiger partial charge in [0, 0.05) is 50.1 Å². The van der Waals surface area contributed by atoms with Crippen molar-refractivity contribution in [3.05, 3.63) is 71.4 Å². The molecule has 0 spiro atoms. The number of halogens is 2. The van der Waals surface area contributed by atoms with E-state index in [2.05, 4.69) is 25.7 Å². The highest BCUT2D eigenvalue weighted by Gasteiger charge is 2.14. The van der Waals surface area contributed by atoms with E-state index < -0.39 is 11.6 Å². The van der Waals surface area contributed by atoms with E-state index in [0.29, 0.717) is 17.1 Å². The van der Waals surface area contributed by atoms with E-state index in [4.69, 9.17) is 4.74 Å². The number of aromatic nitrogens is 2. The normalized spacial score (nSPS) is 13.7. The van der Waals surface area contributed by atoms with Gasteiger partial charge in [-0.05, 0) is 42.0 Å². The summed E-state index contributed by atoms with van der Waals surface area (Å²) in [4.78, 5) is 14.2. The first-order valence-corrected chi connectivity index (χ1v) is 10.3. The number of benzene rings is 2. The SMILES string of the molecule is CC(=O)c1nnc(Nc2ccc(N3CCOCC3)cc2)cc1NCc1cc(F)cc(F)c1. The van der Waals surface area contributed by atoms with Crippen molar-refractivity contribution in [2.75, 3.05) is 41.8 Å². The standard InChI is InChI=1S/C23H23F2N5O2/c1-15(31)23-21(26-14-16-10-17(24)12-18(25)11-16)13-22(28-29-23)27-19-2-4-20(5-3-19)30-6-8-32-9-7-30/h2-5,10-13H,6-9,14H2,1H3,(H2,26,27,28). The predicted molar refractivity (Wildman–Crippen MR) is 118 cm³/mol. The third kappa shape index (κ3) is 5.36. The van der Waals surface area contributed by atoms with E-state index in [1.165, 1.54) is 19.1 Å². The number of hydrogen-bond acceptors (Lipinski definition) is 7. The van der Waals surface area contributed by atoms with E-state index in [1.54, 1.807) is 6.07 Å². The zero-order valence-corrected chi connectivity index (χ0v) is 17.6. The number of nitrogens with one attached hydrogen (secondary N) is 2. The molecule has 0 bridgehead atoms. The minimum atomic E-state index is -0.663. The van der Waals surface area contributed by atoms with Gasteiger partial charge in [0.25, 0.3) is 0 Å². The van der Waals surface area contributed by atoms with Crippen molar-refractivity contribution in [3.63, 3.8) is 0 Å². The van der Waals surface area contributed by atoms with Crippen LogP contribution in [-0.2, 0) is 11.3 Å². The molecule has 0 aliphatic carbocycles. The number of anilines is 4. The molecule has 2 N–H and O–H groups in total. The van der Waals surface area contributed by atoms with Gasteiger partial charge in [0.05, 0.1) is 18.9 Å². The van der Waals surface area contributed by atoms with Crippen molar-refractivity contribution < 1.29 is 18.3 Å². The molecule has 1 fully saturated rings. The van der Waals surface area contributed by atoms with Gasteiger partial charge in [0.2, 0.25) is 0 Å². The Morgan fingerprint density at radius 3 is 2.38 bits per heavy atom. The summed E-state index contributed by atoms with van der Waals surface area (Å²) >= 11 is 0. The van der Waals surface area contributed by atoms with Crippen molar-refractivity contribution in [1.82, 2.24) is 10.2 Å². The molecule has 32 heavy (non-hydrogen) atoms.